The van der Waals surface area contributed by atoms with Crippen molar-refractivity contribution in [2.24, 2.45) is 0 Å². The van der Waals surface area contributed by atoms with Crippen LogP contribution in [-0.4, -0.2) is 44.9 Å². The van der Waals surface area contributed by atoms with Crippen molar-refractivity contribution < 1.29 is 27.5 Å². The van der Waals surface area contributed by atoms with E-state index in [2.05, 4.69) is 4.74 Å². The second kappa shape index (κ2) is 9.29. The summed E-state index contributed by atoms with van der Waals surface area (Å²) in [6.07, 6.45) is 0. The summed E-state index contributed by atoms with van der Waals surface area (Å²) in [5, 5.41) is 0. The fraction of sp³-hybridized carbons (Fsp3) is 0.263. The number of benzene rings is 2. The Morgan fingerprint density at radius 2 is 1.63 bits per heavy atom. The summed E-state index contributed by atoms with van der Waals surface area (Å²) in [6.45, 7) is 1.50. The molecule has 7 nitrogen and oxygen atoms in total. The smallest absolute Gasteiger partial charge is 0.338 e. The zero-order chi connectivity index (χ0) is 19.9. The van der Waals surface area contributed by atoms with Crippen molar-refractivity contribution in [2.45, 2.75) is 18.4 Å². The summed E-state index contributed by atoms with van der Waals surface area (Å²) in [4.78, 5) is 23.4. The number of rotatable bonds is 8. The molecule has 0 spiro atoms. The van der Waals surface area contributed by atoms with Gasteiger partial charge in [0.2, 0.25) is 10.0 Å². The summed E-state index contributed by atoms with van der Waals surface area (Å²) in [7, 11) is -2.78. The first kappa shape index (κ1) is 20.6. The maximum absolute atomic E-state index is 13.0. The number of carbonyl (C=O) groups excluding carboxylic acids is 2. The lowest BCUT2D eigenvalue weighted by molar-refractivity contribution is -0.140. The molecule has 2 rings (SSSR count). The predicted molar refractivity (Wildman–Crippen MR) is 98.5 cm³/mol. The highest BCUT2D eigenvalue weighted by Crippen LogP contribution is 2.19. The van der Waals surface area contributed by atoms with E-state index in [1.165, 1.54) is 31.4 Å². The lowest BCUT2D eigenvalue weighted by Crippen LogP contribution is -2.35. The van der Waals surface area contributed by atoms with Gasteiger partial charge in [-0.3, -0.25) is 4.79 Å². The number of methoxy groups -OCH3 is 1. The number of ether oxygens (including phenoxy) is 2. The molecule has 0 fully saturated rings. The zero-order valence-corrected chi connectivity index (χ0v) is 15.9. The third-order valence-corrected chi connectivity index (χ3v) is 5.54. The molecule has 0 atom stereocenters. The molecule has 0 amide bonds. The molecule has 0 aliphatic heterocycles. The fourth-order valence-corrected chi connectivity index (χ4v) is 3.72. The molecule has 0 aromatic heterocycles. The third-order valence-electron chi connectivity index (χ3n) is 3.74. The molecule has 0 unspecified atom stereocenters. The van der Waals surface area contributed by atoms with Crippen molar-refractivity contribution in [3.63, 3.8) is 0 Å². The van der Waals surface area contributed by atoms with Crippen molar-refractivity contribution in [1.82, 2.24) is 4.31 Å². The molecule has 0 saturated heterocycles. The van der Waals surface area contributed by atoms with Gasteiger partial charge in [-0.05, 0) is 36.8 Å². The highest BCUT2D eigenvalue weighted by atomic mass is 32.2. The first-order valence-corrected chi connectivity index (χ1v) is 9.70. The number of carbonyl (C=O) groups is 2. The maximum atomic E-state index is 13.0. The molecular formula is C19H21NO6S. The van der Waals surface area contributed by atoms with Crippen LogP contribution < -0.4 is 0 Å². The van der Waals surface area contributed by atoms with Crippen LogP contribution in [0.1, 0.15) is 22.8 Å². The molecule has 0 bridgehead atoms. The van der Waals surface area contributed by atoms with Gasteiger partial charge in [-0.2, -0.15) is 4.31 Å². The van der Waals surface area contributed by atoms with Gasteiger partial charge in [0.05, 0.1) is 24.2 Å². The molecule has 0 N–H and O–H groups in total. The minimum Gasteiger partial charge on any atom is -0.468 e. The largest absolute Gasteiger partial charge is 0.468 e. The van der Waals surface area contributed by atoms with Gasteiger partial charge in [0.15, 0.2) is 0 Å². The Bertz CT molecular complexity index is 878. The number of nitrogens with zero attached hydrogens (tertiary/aromatic N) is 1. The minimum atomic E-state index is -3.98. The average Bonchev–Trinajstić information content (AvgIpc) is 2.68. The Balaban J connectivity index is 2.31. The molecule has 0 saturated carbocycles. The molecular weight excluding hydrogens is 370 g/mol. The summed E-state index contributed by atoms with van der Waals surface area (Å²) in [6, 6.07) is 14.3. The van der Waals surface area contributed by atoms with Crippen LogP contribution in [0.4, 0.5) is 0 Å². The van der Waals surface area contributed by atoms with E-state index in [-0.39, 0.29) is 23.6 Å². The van der Waals surface area contributed by atoms with Crippen LogP contribution in [0.15, 0.2) is 59.5 Å². The number of hydrogen-bond donors (Lipinski definition) is 0. The van der Waals surface area contributed by atoms with Crippen LogP contribution in [0.25, 0.3) is 0 Å². The van der Waals surface area contributed by atoms with Gasteiger partial charge in [0.25, 0.3) is 0 Å². The van der Waals surface area contributed by atoms with Crippen molar-refractivity contribution >= 4 is 22.0 Å². The summed E-state index contributed by atoms with van der Waals surface area (Å²) in [5.41, 5.74) is 0.978. The lowest BCUT2D eigenvalue weighted by Gasteiger charge is -2.21. The van der Waals surface area contributed by atoms with E-state index in [9.17, 15) is 18.0 Å². The average molecular weight is 391 g/mol. The number of esters is 2. The quantitative estimate of drug-likeness (QED) is 0.641. The molecule has 2 aromatic rings. The molecule has 27 heavy (non-hydrogen) atoms. The lowest BCUT2D eigenvalue weighted by atomic mass is 10.2. The molecule has 144 valence electrons. The van der Waals surface area contributed by atoms with Gasteiger partial charge in [-0.15, -0.1) is 0 Å². The Hall–Kier alpha value is -2.71. The molecule has 2 aromatic carbocycles. The highest BCUT2D eigenvalue weighted by molar-refractivity contribution is 7.89. The topological polar surface area (TPSA) is 90.0 Å². The van der Waals surface area contributed by atoms with E-state index in [0.29, 0.717) is 0 Å². The zero-order valence-electron chi connectivity index (χ0n) is 15.1. The third kappa shape index (κ3) is 5.38. The highest BCUT2D eigenvalue weighted by Gasteiger charge is 2.27. The van der Waals surface area contributed by atoms with E-state index >= 15 is 0 Å². The molecule has 0 radical (unpaired) electrons. The summed E-state index contributed by atoms with van der Waals surface area (Å²) in [5.74, 6) is -1.20. The van der Waals surface area contributed by atoms with E-state index in [1.54, 1.807) is 31.2 Å². The SMILES string of the molecule is CCOC(=O)c1ccc(S(=O)(=O)N(CC(=O)OC)Cc2ccccc2)cc1. The minimum absolute atomic E-state index is 0.0118. The Morgan fingerprint density at radius 3 is 2.19 bits per heavy atom. The van der Waals surface area contributed by atoms with Gasteiger partial charge >= 0.3 is 11.9 Å². The Morgan fingerprint density at radius 1 is 1.00 bits per heavy atom. The van der Waals surface area contributed by atoms with Crippen molar-refractivity contribution in [3.8, 4) is 0 Å². The van der Waals surface area contributed by atoms with Crippen LogP contribution in [0.5, 0.6) is 0 Å². The Labute approximate surface area is 158 Å². The normalized spacial score (nSPS) is 11.2. The molecule has 0 heterocycles. The van der Waals surface area contributed by atoms with E-state index in [4.69, 9.17) is 4.74 Å². The van der Waals surface area contributed by atoms with Crippen molar-refractivity contribution in [3.05, 3.63) is 65.7 Å². The Kier molecular flexibility index (Phi) is 7.09. The maximum Gasteiger partial charge on any atom is 0.338 e. The second-order valence-electron chi connectivity index (χ2n) is 5.58. The van der Waals surface area contributed by atoms with Crippen LogP contribution in [0.2, 0.25) is 0 Å². The van der Waals surface area contributed by atoms with Gasteiger partial charge in [-0.1, -0.05) is 30.3 Å². The molecule has 0 aliphatic carbocycles. The van der Waals surface area contributed by atoms with Crippen LogP contribution in [0, 0.1) is 0 Å². The predicted octanol–water partition coefficient (Wildman–Crippen LogP) is 2.23. The standard InChI is InChI=1S/C19H21NO6S/c1-3-26-19(22)16-9-11-17(12-10-16)27(23,24)20(14-18(21)25-2)13-15-7-5-4-6-8-15/h4-12H,3,13-14H2,1-2H3. The van der Waals surface area contributed by atoms with Gasteiger partial charge in [0.1, 0.15) is 6.54 Å². The van der Waals surface area contributed by atoms with E-state index in [0.717, 1.165) is 9.87 Å². The van der Waals surface area contributed by atoms with Crippen LogP contribution >= 0.6 is 0 Å². The van der Waals surface area contributed by atoms with Gasteiger partial charge in [0, 0.05) is 6.54 Å². The molecule has 0 aliphatic rings. The van der Waals surface area contributed by atoms with Crippen molar-refractivity contribution in [2.75, 3.05) is 20.3 Å². The molecule has 8 heteroatoms. The van der Waals surface area contributed by atoms with Crippen molar-refractivity contribution in [1.29, 1.82) is 0 Å². The van der Waals surface area contributed by atoms with Crippen LogP contribution in [-0.2, 0) is 30.8 Å². The fourth-order valence-electron chi connectivity index (χ4n) is 2.35. The summed E-state index contributed by atoms with van der Waals surface area (Å²) < 4.78 is 36.5. The van der Waals surface area contributed by atoms with Gasteiger partial charge < -0.3 is 9.47 Å². The first-order chi connectivity index (χ1) is 12.9. The van der Waals surface area contributed by atoms with Gasteiger partial charge in [-0.25, -0.2) is 13.2 Å². The number of hydrogen-bond acceptors (Lipinski definition) is 6. The number of sulfonamides is 1. The summed E-state index contributed by atoms with van der Waals surface area (Å²) >= 11 is 0. The van der Waals surface area contributed by atoms with Crippen LogP contribution in [0.3, 0.4) is 0 Å². The van der Waals surface area contributed by atoms with E-state index < -0.39 is 28.5 Å². The monoisotopic (exact) mass is 391 g/mol. The first-order valence-electron chi connectivity index (χ1n) is 8.26. The second-order valence-corrected chi connectivity index (χ2v) is 7.52. The van der Waals surface area contributed by atoms with E-state index in [1.807, 2.05) is 6.07 Å².